The Morgan fingerprint density at radius 2 is 2.04 bits per heavy atom. The van der Waals surface area contributed by atoms with Crippen LogP contribution in [-0.4, -0.2) is 55.1 Å². The first kappa shape index (κ1) is 18.4. The molecule has 1 unspecified atom stereocenters. The molecule has 23 heavy (non-hydrogen) atoms. The number of likely N-dealkylation sites (tertiary alicyclic amines) is 1. The summed E-state index contributed by atoms with van der Waals surface area (Å²) in [4.78, 5) is 26.2. The topological polar surface area (TPSA) is 55.8 Å². The minimum Gasteiger partial charge on any atom is -0.466 e. The number of carbonyl (C=O) groups excluding carboxylic acids is 2. The van der Waals surface area contributed by atoms with Gasteiger partial charge in [-0.15, -0.1) is 0 Å². The van der Waals surface area contributed by atoms with E-state index >= 15 is 0 Å². The second kappa shape index (κ2) is 8.78. The fourth-order valence-electron chi connectivity index (χ4n) is 3.30. The number of Topliss-reactive ketones (excluding diaryl/α,β-unsaturated/α-hetero) is 1. The zero-order valence-electron chi connectivity index (χ0n) is 14.6. The largest absolute Gasteiger partial charge is 0.466 e. The van der Waals surface area contributed by atoms with E-state index in [-0.39, 0.29) is 23.3 Å². The highest BCUT2D eigenvalue weighted by atomic mass is 16.5. The molecule has 5 nitrogen and oxygen atoms in total. The van der Waals surface area contributed by atoms with Crippen molar-refractivity contribution in [1.82, 2.24) is 4.90 Å². The number of carbonyl (C=O) groups is 2. The van der Waals surface area contributed by atoms with Crippen LogP contribution in [0.5, 0.6) is 0 Å². The number of ether oxygens (including phenoxy) is 2. The Morgan fingerprint density at radius 3 is 2.74 bits per heavy atom. The number of hydrogen-bond acceptors (Lipinski definition) is 5. The molecule has 0 saturated carbocycles. The average molecular weight is 325 g/mol. The fourth-order valence-corrected chi connectivity index (χ4v) is 3.30. The van der Waals surface area contributed by atoms with Gasteiger partial charge in [-0.3, -0.25) is 9.59 Å². The van der Waals surface area contributed by atoms with E-state index < -0.39 is 0 Å². The molecule has 0 aromatic carbocycles. The number of esters is 1. The molecule has 0 aromatic rings. The van der Waals surface area contributed by atoms with Gasteiger partial charge in [0, 0.05) is 25.3 Å². The van der Waals surface area contributed by atoms with Crippen LogP contribution in [0, 0.1) is 5.92 Å². The van der Waals surface area contributed by atoms with Crippen molar-refractivity contribution < 1.29 is 19.1 Å². The highest BCUT2D eigenvalue weighted by Gasteiger charge is 2.34. The smallest absolute Gasteiger partial charge is 0.305 e. The molecule has 2 aliphatic rings. The summed E-state index contributed by atoms with van der Waals surface area (Å²) >= 11 is 0. The Morgan fingerprint density at radius 1 is 1.30 bits per heavy atom. The molecule has 132 valence electrons. The Hall–Kier alpha value is -0.940. The summed E-state index contributed by atoms with van der Waals surface area (Å²) in [6.45, 7) is 8.13. The maximum Gasteiger partial charge on any atom is 0.305 e. The number of hydrogen-bond donors (Lipinski definition) is 0. The van der Waals surface area contributed by atoms with Crippen LogP contribution in [0.4, 0.5) is 0 Å². The van der Waals surface area contributed by atoms with Crippen LogP contribution in [0.15, 0.2) is 0 Å². The van der Waals surface area contributed by atoms with Crippen molar-refractivity contribution in [2.24, 2.45) is 5.92 Å². The maximum absolute atomic E-state index is 12.0. The lowest BCUT2D eigenvalue weighted by Crippen LogP contribution is -2.40. The van der Waals surface area contributed by atoms with Crippen LogP contribution in [0.3, 0.4) is 0 Å². The standard InChI is InChI=1S/C18H31NO4/c1-18(2)13-16(20)15(14-23-18)7-8-17(21)22-12-6-11-19-9-4-3-5-10-19/h15H,3-14H2,1-2H3. The monoisotopic (exact) mass is 325 g/mol. The van der Waals surface area contributed by atoms with E-state index in [0.717, 1.165) is 13.0 Å². The van der Waals surface area contributed by atoms with Crippen LogP contribution in [0.1, 0.15) is 58.8 Å². The molecular weight excluding hydrogens is 294 g/mol. The van der Waals surface area contributed by atoms with Gasteiger partial charge in [0.25, 0.3) is 0 Å². The lowest BCUT2D eigenvalue weighted by Gasteiger charge is -2.33. The van der Waals surface area contributed by atoms with Gasteiger partial charge in [0.05, 0.1) is 18.8 Å². The molecule has 0 bridgehead atoms. The molecule has 1 atom stereocenters. The summed E-state index contributed by atoms with van der Waals surface area (Å²) in [5, 5.41) is 0. The van der Waals surface area contributed by atoms with Gasteiger partial charge in [0.1, 0.15) is 5.78 Å². The summed E-state index contributed by atoms with van der Waals surface area (Å²) in [6, 6.07) is 0. The normalized spacial score (nSPS) is 25.3. The van der Waals surface area contributed by atoms with Gasteiger partial charge in [0.2, 0.25) is 0 Å². The lowest BCUT2D eigenvalue weighted by molar-refractivity contribution is -0.148. The quantitative estimate of drug-likeness (QED) is 0.532. The molecule has 2 fully saturated rings. The summed E-state index contributed by atoms with van der Waals surface area (Å²) in [6.07, 6.45) is 6.09. The van der Waals surface area contributed by atoms with Crippen LogP contribution in [0.25, 0.3) is 0 Å². The SMILES string of the molecule is CC1(C)CC(=O)C(CCC(=O)OCCCN2CCCCC2)CO1. The van der Waals surface area contributed by atoms with Gasteiger partial charge in [-0.25, -0.2) is 0 Å². The number of ketones is 1. The molecule has 0 aliphatic carbocycles. The van der Waals surface area contributed by atoms with Crippen molar-refractivity contribution >= 4 is 11.8 Å². The highest BCUT2D eigenvalue weighted by molar-refractivity contribution is 5.83. The molecule has 0 radical (unpaired) electrons. The van der Waals surface area contributed by atoms with E-state index in [1.807, 2.05) is 13.8 Å². The Kier molecular flexibility index (Phi) is 7.03. The molecule has 2 rings (SSSR count). The van der Waals surface area contributed by atoms with Crippen molar-refractivity contribution in [3.8, 4) is 0 Å². The molecule has 0 spiro atoms. The number of nitrogens with zero attached hydrogens (tertiary/aromatic N) is 1. The minimum atomic E-state index is -0.359. The van der Waals surface area contributed by atoms with Crippen LogP contribution < -0.4 is 0 Å². The van der Waals surface area contributed by atoms with Crippen molar-refractivity contribution in [3.63, 3.8) is 0 Å². The first-order valence-corrected chi connectivity index (χ1v) is 9.01. The van der Waals surface area contributed by atoms with E-state index in [1.54, 1.807) is 0 Å². The summed E-state index contributed by atoms with van der Waals surface area (Å²) < 4.78 is 11.0. The Labute approximate surface area is 139 Å². The third-order valence-corrected chi connectivity index (χ3v) is 4.76. The van der Waals surface area contributed by atoms with Crippen molar-refractivity contribution in [1.29, 1.82) is 0 Å². The van der Waals surface area contributed by atoms with Gasteiger partial charge >= 0.3 is 5.97 Å². The lowest BCUT2D eigenvalue weighted by atomic mass is 9.87. The van der Waals surface area contributed by atoms with Gasteiger partial charge < -0.3 is 14.4 Å². The first-order chi connectivity index (χ1) is 11.0. The van der Waals surface area contributed by atoms with Crippen LogP contribution in [-0.2, 0) is 19.1 Å². The van der Waals surface area contributed by atoms with Gasteiger partial charge in [-0.05, 0) is 52.6 Å². The third-order valence-electron chi connectivity index (χ3n) is 4.76. The number of rotatable bonds is 7. The van der Waals surface area contributed by atoms with E-state index in [9.17, 15) is 9.59 Å². The minimum absolute atomic E-state index is 0.149. The van der Waals surface area contributed by atoms with E-state index in [0.29, 0.717) is 32.5 Å². The van der Waals surface area contributed by atoms with Crippen molar-refractivity contribution in [2.75, 3.05) is 32.8 Å². The molecule has 0 amide bonds. The molecule has 0 N–H and O–H groups in total. The second-order valence-corrected chi connectivity index (χ2v) is 7.43. The zero-order chi connectivity index (χ0) is 16.7. The van der Waals surface area contributed by atoms with E-state index in [4.69, 9.17) is 9.47 Å². The highest BCUT2D eigenvalue weighted by Crippen LogP contribution is 2.27. The molecule has 0 aromatic heterocycles. The molecule has 2 saturated heterocycles. The van der Waals surface area contributed by atoms with Crippen molar-refractivity contribution in [3.05, 3.63) is 0 Å². The molecular formula is C18H31NO4. The van der Waals surface area contributed by atoms with E-state index in [1.165, 1.54) is 32.4 Å². The summed E-state index contributed by atoms with van der Waals surface area (Å²) in [5.74, 6) is -0.135. The van der Waals surface area contributed by atoms with Gasteiger partial charge in [-0.1, -0.05) is 6.42 Å². The second-order valence-electron chi connectivity index (χ2n) is 7.43. The van der Waals surface area contributed by atoms with Gasteiger partial charge in [-0.2, -0.15) is 0 Å². The molecule has 2 aliphatic heterocycles. The summed E-state index contributed by atoms with van der Waals surface area (Å²) in [7, 11) is 0. The zero-order valence-corrected chi connectivity index (χ0v) is 14.6. The fraction of sp³-hybridized carbons (Fsp3) is 0.889. The third kappa shape index (κ3) is 6.60. The molecule has 2 heterocycles. The Bertz CT molecular complexity index is 402. The number of piperidine rings is 1. The van der Waals surface area contributed by atoms with E-state index in [2.05, 4.69) is 4.90 Å². The predicted molar refractivity (Wildman–Crippen MR) is 88.2 cm³/mol. The predicted octanol–water partition coefficient (Wildman–Crippen LogP) is 2.57. The van der Waals surface area contributed by atoms with Crippen LogP contribution >= 0.6 is 0 Å². The maximum atomic E-state index is 12.0. The van der Waals surface area contributed by atoms with Crippen LogP contribution in [0.2, 0.25) is 0 Å². The molecule has 5 heteroatoms. The first-order valence-electron chi connectivity index (χ1n) is 9.01. The van der Waals surface area contributed by atoms with Crippen molar-refractivity contribution in [2.45, 2.75) is 64.4 Å². The van der Waals surface area contributed by atoms with Gasteiger partial charge in [0.15, 0.2) is 0 Å². The summed E-state index contributed by atoms with van der Waals surface area (Å²) in [5.41, 5.74) is -0.359. The average Bonchev–Trinajstić information content (AvgIpc) is 2.51. The Balaban J connectivity index is 1.54.